The molecule has 1 heterocycles. The van der Waals surface area contributed by atoms with Gasteiger partial charge >= 0.3 is 17.1 Å². The largest absolute Gasteiger partial charge is 0.398 e. The van der Waals surface area contributed by atoms with Gasteiger partial charge in [0.25, 0.3) is 0 Å². The van der Waals surface area contributed by atoms with Gasteiger partial charge in [0.2, 0.25) is 0 Å². The van der Waals surface area contributed by atoms with Gasteiger partial charge in [0.05, 0.1) is 0 Å². The first kappa shape index (κ1) is 33.4. The van der Waals surface area contributed by atoms with E-state index in [4.69, 9.17) is 17.7 Å². The number of unbranched alkanes of at least 4 members (excludes halogenated alkanes) is 4. The molecule has 1 aliphatic rings. The minimum atomic E-state index is -2.07. The fraction of sp³-hybridized carbons (Fsp3) is 1.00. The lowest BCUT2D eigenvalue weighted by Crippen LogP contribution is -2.46. The predicted molar refractivity (Wildman–Crippen MR) is 157 cm³/mol. The van der Waals surface area contributed by atoms with Gasteiger partial charge < -0.3 is 32.8 Å². The normalized spacial score (nSPS) is 17.6. The lowest BCUT2D eigenvalue weighted by molar-refractivity contribution is 0.152. The summed E-state index contributed by atoms with van der Waals surface area (Å²) in [7, 11) is 1.58. The van der Waals surface area contributed by atoms with Crippen molar-refractivity contribution in [2.75, 3.05) is 79.9 Å². The number of piperazine rings is 1. The average molecular weight is 550 g/mol. The van der Waals surface area contributed by atoms with Gasteiger partial charge in [-0.1, -0.05) is 32.1 Å². The summed E-state index contributed by atoms with van der Waals surface area (Å²) in [6.07, 6.45) is 10.3. The van der Waals surface area contributed by atoms with E-state index in [2.05, 4.69) is 49.1 Å². The Bertz CT molecular complexity index is 504. The Labute approximate surface area is 222 Å². The van der Waals surface area contributed by atoms with Gasteiger partial charge in [0.1, 0.15) is 0 Å². The topological polar surface area (TPSA) is 55.4 Å². The van der Waals surface area contributed by atoms with Crippen molar-refractivity contribution in [2.24, 2.45) is 0 Å². The Kier molecular flexibility index (Phi) is 18.6. The second-order valence-electron chi connectivity index (χ2n) is 10.5. The van der Waals surface area contributed by atoms with Crippen molar-refractivity contribution in [1.29, 1.82) is 0 Å². The van der Waals surface area contributed by atoms with Crippen LogP contribution in [0, 0.1) is 0 Å². The van der Waals surface area contributed by atoms with E-state index >= 15 is 0 Å². The van der Waals surface area contributed by atoms with Crippen molar-refractivity contribution >= 4 is 26.6 Å². The minimum Gasteiger partial charge on any atom is -0.398 e. The van der Waals surface area contributed by atoms with Crippen LogP contribution in [0.3, 0.4) is 0 Å². The van der Waals surface area contributed by atoms with Crippen molar-refractivity contribution in [1.82, 2.24) is 15.1 Å². The van der Waals surface area contributed by atoms with E-state index in [1.807, 2.05) is 14.2 Å². The third-order valence-electron chi connectivity index (χ3n) is 7.73. The zero-order chi connectivity index (χ0) is 26.0. The van der Waals surface area contributed by atoms with Crippen LogP contribution < -0.4 is 5.32 Å². The molecule has 0 radical (unpaired) electrons. The predicted octanol–water partition coefficient (Wildman–Crippen LogP) is 3.52. The van der Waals surface area contributed by atoms with Crippen LogP contribution in [-0.2, 0) is 17.7 Å². The van der Waals surface area contributed by atoms with E-state index in [0.29, 0.717) is 5.16 Å². The smallest absolute Gasteiger partial charge is 0.334 e. The number of hydrogen-bond acceptors (Lipinski definition) is 7. The summed E-state index contributed by atoms with van der Waals surface area (Å²) in [6.45, 7) is 17.4. The molecule has 10 heteroatoms. The van der Waals surface area contributed by atoms with Crippen molar-refractivity contribution in [3.8, 4) is 0 Å². The molecule has 7 nitrogen and oxygen atoms in total. The van der Waals surface area contributed by atoms with Crippen LogP contribution in [0.15, 0.2) is 0 Å². The highest BCUT2D eigenvalue weighted by Crippen LogP contribution is 2.28. The zero-order valence-corrected chi connectivity index (χ0v) is 27.7. The van der Waals surface area contributed by atoms with E-state index in [-0.39, 0.29) is 9.52 Å². The molecule has 0 bridgehead atoms. The molecule has 0 aromatic rings. The van der Waals surface area contributed by atoms with Gasteiger partial charge in [-0.2, -0.15) is 0 Å². The summed E-state index contributed by atoms with van der Waals surface area (Å²) in [6, 6.07) is 1.06. The number of likely N-dealkylation sites (N-methyl/N-ethyl adjacent to an activating group) is 1. The van der Waals surface area contributed by atoms with Gasteiger partial charge in [-0.25, -0.2) is 0 Å². The maximum absolute atomic E-state index is 5.98. The SMILES string of the molecule is CCO[Si](C)(CCCNC[SiH2]C(CCCCCCCN1CCN(C)CC1)[Si](C)(OC)OC)OCC. The van der Waals surface area contributed by atoms with Gasteiger partial charge in [-0.3, -0.25) is 0 Å². The zero-order valence-electron chi connectivity index (χ0n) is 24.3. The quantitative estimate of drug-likeness (QED) is 0.164. The van der Waals surface area contributed by atoms with Gasteiger partial charge in [-0.15, -0.1) is 0 Å². The maximum atomic E-state index is 5.98. The standard InChI is InChI=1S/C25H59N3O4Si3/c1-8-31-34(6,32-9-2)23-15-17-26-24-33-25(35(7,29-4)30-5)16-13-11-10-12-14-18-28-21-19-27(3)20-22-28/h25-26H,8-24,33H2,1-7H3. The molecule has 1 unspecified atom stereocenters. The molecule has 1 atom stereocenters. The highest BCUT2D eigenvalue weighted by atomic mass is 28.4. The fourth-order valence-corrected chi connectivity index (χ4v) is 14.0. The molecular weight excluding hydrogens is 491 g/mol. The van der Waals surface area contributed by atoms with Crippen LogP contribution >= 0.6 is 0 Å². The highest BCUT2D eigenvalue weighted by molar-refractivity contribution is 6.77. The van der Waals surface area contributed by atoms with Crippen LogP contribution in [0.1, 0.15) is 58.8 Å². The summed E-state index contributed by atoms with van der Waals surface area (Å²) < 4.78 is 23.9. The Hall–Kier alpha value is 0.371. The summed E-state index contributed by atoms with van der Waals surface area (Å²) in [5, 5.41) is 4.39. The Morgan fingerprint density at radius 3 is 2.06 bits per heavy atom. The van der Waals surface area contributed by atoms with Crippen LogP contribution in [-0.4, -0.2) is 116 Å². The Morgan fingerprint density at radius 1 is 0.857 bits per heavy atom. The lowest BCUT2D eigenvalue weighted by Gasteiger charge is -2.32. The Balaban J connectivity index is 2.25. The van der Waals surface area contributed by atoms with Gasteiger partial charge in [-0.05, 0) is 77.3 Å². The molecule has 0 spiro atoms. The molecule has 210 valence electrons. The summed E-state index contributed by atoms with van der Waals surface area (Å²) in [5.41, 5.74) is 0. The third kappa shape index (κ3) is 14.2. The molecular formula is C25H59N3O4Si3. The molecule has 1 N–H and O–H groups in total. The van der Waals surface area contributed by atoms with E-state index in [9.17, 15) is 0 Å². The monoisotopic (exact) mass is 549 g/mol. The van der Waals surface area contributed by atoms with E-state index in [1.165, 1.54) is 71.2 Å². The number of nitrogens with zero attached hydrogens (tertiary/aromatic N) is 2. The van der Waals surface area contributed by atoms with Gasteiger partial charge in [0, 0.05) is 63.1 Å². The van der Waals surface area contributed by atoms with Crippen molar-refractivity contribution in [2.45, 2.75) is 83.1 Å². The maximum Gasteiger partial charge on any atom is 0.334 e. The molecule has 0 aromatic heterocycles. The molecule has 1 aliphatic heterocycles. The summed E-state index contributed by atoms with van der Waals surface area (Å²) in [4.78, 5) is 5.07. The number of rotatable bonds is 22. The van der Waals surface area contributed by atoms with E-state index < -0.39 is 17.1 Å². The van der Waals surface area contributed by atoms with Crippen molar-refractivity contribution < 1.29 is 17.7 Å². The fourth-order valence-electron chi connectivity index (χ4n) is 5.15. The number of nitrogens with one attached hydrogen (secondary N) is 1. The van der Waals surface area contributed by atoms with Crippen LogP contribution in [0.4, 0.5) is 0 Å². The van der Waals surface area contributed by atoms with Crippen LogP contribution in [0.2, 0.25) is 24.3 Å². The molecule has 0 aromatic carbocycles. The van der Waals surface area contributed by atoms with E-state index in [1.54, 1.807) is 0 Å². The average Bonchev–Trinajstić information content (AvgIpc) is 2.85. The molecule has 0 amide bonds. The van der Waals surface area contributed by atoms with Crippen LogP contribution in [0.5, 0.6) is 0 Å². The van der Waals surface area contributed by atoms with Gasteiger partial charge in [0.15, 0.2) is 0 Å². The summed E-state index contributed by atoms with van der Waals surface area (Å²) >= 11 is 0. The first-order valence-electron chi connectivity index (χ1n) is 14.3. The molecule has 1 saturated heterocycles. The Morgan fingerprint density at radius 2 is 1.46 bits per heavy atom. The third-order valence-corrected chi connectivity index (χ3v) is 19.0. The molecule has 0 aliphatic carbocycles. The molecule has 0 saturated carbocycles. The second kappa shape index (κ2) is 19.4. The van der Waals surface area contributed by atoms with Crippen LogP contribution in [0.25, 0.3) is 0 Å². The van der Waals surface area contributed by atoms with Crippen molar-refractivity contribution in [3.63, 3.8) is 0 Å². The number of hydrogen-bond donors (Lipinski definition) is 1. The molecule has 35 heavy (non-hydrogen) atoms. The second-order valence-corrected chi connectivity index (χ2v) is 20.4. The van der Waals surface area contributed by atoms with E-state index in [0.717, 1.165) is 38.4 Å². The van der Waals surface area contributed by atoms with Crippen molar-refractivity contribution in [3.05, 3.63) is 0 Å². The lowest BCUT2D eigenvalue weighted by atomic mass is 10.1. The minimum absolute atomic E-state index is 0.305. The first-order valence-corrected chi connectivity index (χ1v) is 21.1. The first-order chi connectivity index (χ1) is 16.8. The summed E-state index contributed by atoms with van der Waals surface area (Å²) in [5.74, 6) is 0. The molecule has 1 fully saturated rings. The highest BCUT2D eigenvalue weighted by Gasteiger charge is 2.38. The molecule has 1 rings (SSSR count).